The number of aromatic nitrogens is 2. The lowest BCUT2D eigenvalue weighted by molar-refractivity contribution is 0.653. The third-order valence-electron chi connectivity index (χ3n) is 1.99. The van der Waals surface area contributed by atoms with Crippen LogP contribution < -0.4 is 5.32 Å². The lowest BCUT2D eigenvalue weighted by atomic mass is 10.1. The molecule has 13 heavy (non-hydrogen) atoms. The van der Waals surface area contributed by atoms with Crippen LogP contribution in [0.4, 0.5) is 0 Å². The molecule has 1 aromatic rings. The Hall–Kier alpha value is -0.350. The molecule has 0 unspecified atom stereocenters. The van der Waals surface area contributed by atoms with Gasteiger partial charge in [0.25, 0.3) is 0 Å². The van der Waals surface area contributed by atoms with Crippen molar-refractivity contribution in [1.82, 2.24) is 15.1 Å². The Morgan fingerprint density at radius 3 is 2.54 bits per heavy atom. The van der Waals surface area contributed by atoms with Crippen molar-refractivity contribution in [3.8, 4) is 0 Å². The second-order valence-corrected chi connectivity index (χ2v) is 4.25. The summed E-state index contributed by atoms with van der Waals surface area (Å²) >= 11 is 3.58. The highest BCUT2D eigenvalue weighted by molar-refractivity contribution is 9.10. The summed E-state index contributed by atoms with van der Waals surface area (Å²) in [6, 6.07) is 0. The summed E-state index contributed by atoms with van der Waals surface area (Å²) in [5.74, 6) is 0.498. The van der Waals surface area contributed by atoms with Crippen LogP contribution in [0.15, 0.2) is 4.47 Å². The van der Waals surface area contributed by atoms with E-state index in [2.05, 4.69) is 40.2 Å². The van der Waals surface area contributed by atoms with E-state index in [9.17, 15) is 0 Å². The van der Waals surface area contributed by atoms with Crippen LogP contribution in [0, 0.1) is 0 Å². The monoisotopic (exact) mass is 245 g/mol. The Morgan fingerprint density at radius 2 is 2.15 bits per heavy atom. The van der Waals surface area contributed by atoms with E-state index in [-0.39, 0.29) is 0 Å². The van der Waals surface area contributed by atoms with Gasteiger partial charge in [-0.15, -0.1) is 0 Å². The van der Waals surface area contributed by atoms with E-state index in [4.69, 9.17) is 0 Å². The molecule has 0 atom stereocenters. The molecule has 0 saturated carbocycles. The summed E-state index contributed by atoms with van der Waals surface area (Å²) in [7, 11) is 3.91. The zero-order valence-electron chi connectivity index (χ0n) is 8.56. The van der Waals surface area contributed by atoms with E-state index in [1.165, 1.54) is 5.69 Å². The molecule has 0 radical (unpaired) electrons. The molecule has 0 fully saturated rings. The Kier molecular flexibility index (Phi) is 3.50. The van der Waals surface area contributed by atoms with Crippen LogP contribution in [0.25, 0.3) is 0 Å². The molecule has 0 saturated heterocycles. The average molecular weight is 246 g/mol. The summed E-state index contributed by atoms with van der Waals surface area (Å²) in [6.07, 6.45) is 0. The molecule has 1 aromatic heterocycles. The molecule has 0 aliphatic carbocycles. The van der Waals surface area contributed by atoms with Gasteiger partial charge in [0.15, 0.2) is 0 Å². The smallest absolute Gasteiger partial charge is 0.0907 e. The van der Waals surface area contributed by atoms with E-state index < -0.39 is 0 Å². The van der Waals surface area contributed by atoms with Gasteiger partial charge >= 0.3 is 0 Å². The molecule has 0 aromatic carbocycles. The minimum atomic E-state index is 0.498. The molecule has 0 amide bonds. The zero-order valence-corrected chi connectivity index (χ0v) is 10.1. The number of hydrogen-bond donors (Lipinski definition) is 1. The largest absolute Gasteiger partial charge is 0.314 e. The number of aryl methyl sites for hydroxylation is 1. The first-order valence-corrected chi connectivity index (χ1v) is 5.23. The van der Waals surface area contributed by atoms with Crippen LogP contribution in [-0.2, 0) is 13.6 Å². The molecule has 1 heterocycles. The van der Waals surface area contributed by atoms with Crippen molar-refractivity contribution >= 4 is 15.9 Å². The minimum absolute atomic E-state index is 0.498. The van der Waals surface area contributed by atoms with Crippen molar-refractivity contribution in [3.63, 3.8) is 0 Å². The van der Waals surface area contributed by atoms with E-state index >= 15 is 0 Å². The highest BCUT2D eigenvalue weighted by Crippen LogP contribution is 2.27. The lowest BCUT2D eigenvalue weighted by Gasteiger charge is -2.05. The fourth-order valence-electron chi connectivity index (χ4n) is 1.48. The lowest BCUT2D eigenvalue weighted by Crippen LogP contribution is -2.06. The first kappa shape index (κ1) is 10.7. The Labute approximate surface area is 87.6 Å². The van der Waals surface area contributed by atoms with Gasteiger partial charge in [-0.3, -0.25) is 4.68 Å². The second-order valence-electron chi connectivity index (χ2n) is 3.45. The van der Waals surface area contributed by atoms with Crippen molar-refractivity contribution in [2.24, 2.45) is 7.05 Å². The molecule has 0 bridgehead atoms. The van der Waals surface area contributed by atoms with Gasteiger partial charge in [0.2, 0.25) is 0 Å². The molecular formula is C9H16BrN3. The van der Waals surface area contributed by atoms with Crippen molar-refractivity contribution in [3.05, 3.63) is 15.9 Å². The minimum Gasteiger partial charge on any atom is -0.314 e. The quantitative estimate of drug-likeness (QED) is 0.884. The maximum atomic E-state index is 4.43. The summed E-state index contributed by atoms with van der Waals surface area (Å²) in [5.41, 5.74) is 2.33. The predicted octanol–water partition coefficient (Wildman–Crippen LogP) is 2.03. The zero-order chi connectivity index (χ0) is 10.0. The fraction of sp³-hybridized carbons (Fsp3) is 0.667. The van der Waals surface area contributed by atoms with Crippen LogP contribution in [0.5, 0.6) is 0 Å². The molecular weight excluding hydrogens is 230 g/mol. The van der Waals surface area contributed by atoms with Gasteiger partial charge in [0.05, 0.1) is 15.9 Å². The van der Waals surface area contributed by atoms with Crippen molar-refractivity contribution < 1.29 is 0 Å². The number of nitrogens with zero attached hydrogens (tertiary/aromatic N) is 2. The van der Waals surface area contributed by atoms with Crippen molar-refractivity contribution in [1.29, 1.82) is 0 Å². The van der Waals surface area contributed by atoms with Crippen LogP contribution >= 0.6 is 15.9 Å². The molecule has 0 spiro atoms. The van der Waals surface area contributed by atoms with Crippen LogP contribution in [-0.4, -0.2) is 16.8 Å². The van der Waals surface area contributed by atoms with E-state index in [1.807, 2.05) is 18.8 Å². The second kappa shape index (κ2) is 4.24. The van der Waals surface area contributed by atoms with E-state index in [0.717, 1.165) is 16.7 Å². The summed E-state index contributed by atoms with van der Waals surface area (Å²) < 4.78 is 3.08. The number of nitrogens with one attached hydrogen (secondary N) is 1. The van der Waals surface area contributed by atoms with Gasteiger partial charge in [-0.1, -0.05) is 13.8 Å². The Balaban J connectivity index is 3.07. The topological polar surface area (TPSA) is 29.9 Å². The first-order valence-electron chi connectivity index (χ1n) is 4.43. The van der Waals surface area contributed by atoms with Gasteiger partial charge in [0.1, 0.15) is 0 Å². The maximum Gasteiger partial charge on any atom is 0.0907 e. The molecule has 0 aliphatic heterocycles. The van der Waals surface area contributed by atoms with Crippen molar-refractivity contribution in [2.45, 2.75) is 26.3 Å². The molecule has 0 aliphatic rings. The normalized spacial score (nSPS) is 11.2. The SMILES string of the molecule is CNCc1nn(C)c(C(C)C)c1Br. The highest BCUT2D eigenvalue weighted by Gasteiger charge is 2.15. The van der Waals surface area contributed by atoms with E-state index in [1.54, 1.807) is 0 Å². The predicted molar refractivity (Wildman–Crippen MR) is 57.8 cm³/mol. The maximum absolute atomic E-state index is 4.43. The van der Waals surface area contributed by atoms with Gasteiger partial charge in [-0.25, -0.2) is 0 Å². The van der Waals surface area contributed by atoms with Gasteiger partial charge in [0, 0.05) is 13.6 Å². The summed E-state index contributed by atoms with van der Waals surface area (Å²) in [4.78, 5) is 0. The van der Waals surface area contributed by atoms with Gasteiger partial charge in [-0.05, 0) is 28.9 Å². The van der Waals surface area contributed by atoms with Crippen LogP contribution in [0.1, 0.15) is 31.2 Å². The Morgan fingerprint density at radius 1 is 1.54 bits per heavy atom. The third-order valence-corrected chi connectivity index (χ3v) is 2.85. The average Bonchev–Trinajstić information content (AvgIpc) is 2.28. The number of hydrogen-bond acceptors (Lipinski definition) is 2. The standard InChI is InChI=1S/C9H16BrN3/c1-6(2)9-8(10)7(5-11-3)12-13(9)4/h6,11H,5H2,1-4H3. The van der Waals surface area contributed by atoms with Crippen LogP contribution in [0.2, 0.25) is 0 Å². The number of rotatable bonds is 3. The Bertz CT molecular complexity index is 291. The van der Waals surface area contributed by atoms with Gasteiger partial charge < -0.3 is 5.32 Å². The molecule has 1 rings (SSSR count). The first-order chi connectivity index (χ1) is 6.07. The highest BCUT2D eigenvalue weighted by atomic mass is 79.9. The molecule has 4 heteroatoms. The molecule has 3 nitrogen and oxygen atoms in total. The van der Waals surface area contributed by atoms with Crippen LogP contribution in [0.3, 0.4) is 0 Å². The van der Waals surface area contributed by atoms with Crippen molar-refractivity contribution in [2.75, 3.05) is 7.05 Å². The summed E-state index contributed by atoms with van der Waals surface area (Å²) in [6.45, 7) is 5.15. The molecule has 1 N–H and O–H groups in total. The third kappa shape index (κ3) is 2.11. The molecule has 74 valence electrons. The van der Waals surface area contributed by atoms with E-state index in [0.29, 0.717) is 5.92 Å². The number of halogens is 1. The fourth-order valence-corrected chi connectivity index (χ4v) is 2.41. The van der Waals surface area contributed by atoms with Gasteiger partial charge in [-0.2, -0.15) is 5.10 Å². The summed E-state index contributed by atoms with van der Waals surface area (Å²) in [5, 5.41) is 7.53.